The van der Waals surface area contributed by atoms with Gasteiger partial charge in [0.2, 0.25) is 0 Å². The van der Waals surface area contributed by atoms with E-state index in [-0.39, 0.29) is 12.4 Å². The molecule has 0 aliphatic carbocycles. The third-order valence-corrected chi connectivity index (χ3v) is 2.74. The Bertz CT molecular complexity index is 388. The Labute approximate surface area is 103 Å². The van der Waals surface area contributed by atoms with E-state index in [1.807, 2.05) is 30.3 Å². The molecule has 1 aromatic carbocycles. The van der Waals surface area contributed by atoms with Crippen LogP contribution in [0.4, 0.5) is 0 Å². The van der Waals surface area contributed by atoms with Crippen LogP contribution in [-0.4, -0.2) is 17.5 Å². The summed E-state index contributed by atoms with van der Waals surface area (Å²) in [6, 6.07) is 7.47. The molecular weight excluding hydrogens is 212 g/mol. The van der Waals surface area contributed by atoms with E-state index in [9.17, 15) is 9.90 Å². The summed E-state index contributed by atoms with van der Waals surface area (Å²) in [5, 5.41) is 9.23. The first-order chi connectivity index (χ1) is 8.17. The monoisotopic (exact) mass is 232 g/mol. The van der Waals surface area contributed by atoms with Crippen molar-refractivity contribution in [2.75, 3.05) is 6.61 Å². The molecule has 0 aliphatic rings. The van der Waals surface area contributed by atoms with Gasteiger partial charge in [0.15, 0.2) is 5.78 Å². The summed E-state index contributed by atoms with van der Waals surface area (Å²) in [5.41, 5.74) is 2.80. The van der Waals surface area contributed by atoms with Gasteiger partial charge in [0.1, 0.15) is 0 Å². The van der Waals surface area contributed by atoms with Crippen molar-refractivity contribution in [3.05, 3.63) is 41.0 Å². The molecule has 92 valence electrons. The van der Waals surface area contributed by atoms with Crippen LogP contribution in [0.3, 0.4) is 0 Å². The van der Waals surface area contributed by atoms with E-state index in [0.29, 0.717) is 0 Å². The van der Waals surface area contributed by atoms with Crippen molar-refractivity contribution in [2.24, 2.45) is 0 Å². The number of rotatable bonds is 6. The molecule has 0 fully saturated rings. The Morgan fingerprint density at radius 1 is 1.29 bits per heavy atom. The predicted octanol–water partition coefficient (Wildman–Crippen LogP) is 3.46. The minimum Gasteiger partial charge on any atom is -0.392 e. The molecule has 1 N–H and O–H groups in total. The summed E-state index contributed by atoms with van der Waals surface area (Å²) in [6.07, 6.45) is 5.15. The van der Waals surface area contributed by atoms with Gasteiger partial charge in [-0.25, -0.2) is 0 Å². The summed E-state index contributed by atoms with van der Waals surface area (Å²) < 4.78 is 0. The second-order valence-corrected chi connectivity index (χ2v) is 4.24. The highest BCUT2D eigenvalue weighted by atomic mass is 16.3. The van der Waals surface area contributed by atoms with Crippen LogP contribution in [0.25, 0.3) is 6.08 Å². The van der Waals surface area contributed by atoms with Gasteiger partial charge in [-0.1, -0.05) is 43.7 Å². The number of hydrogen-bond donors (Lipinski definition) is 1. The number of hydrogen-bond acceptors (Lipinski definition) is 2. The van der Waals surface area contributed by atoms with Crippen LogP contribution in [-0.2, 0) is 0 Å². The van der Waals surface area contributed by atoms with E-state index in [2.05, 4.69) is 6.92 Å². The lowest BCUT2D eigenvalue weighted by molar-refractivity contribution is 0.101. The summed E-state index contributed by atoms with van der Waals surface area (Å²) in [4.78, 5) is 11.1. The van der Waals surface area contributed by atoms with Crippen molar-refractivity contribution >= 4 is 11.9 Å². The predicted molar refractivity (Wildman–Crippen MR) is 71.0 cm³/mol. The van der Waals surface area contributed by atoms with Crippen molar-refractivity contribution in [3.63, 3.8) is 0 Å². The third-order valence-electron chi connectivity index (χ3n) is 2.74. The van der Waals surface area contributed by atoms with Crippen LogP contribution >= 0.6 is 0 Å². The van der Waals surface area contributed by atoms with Crippen LogP contribution in [0.5, 0.6) is 0 Å². The van der Waals surface area contributed by atoms with Gasteiger partial charge < -0.3 is 5.11 Å². The first-order valence-corrected chi connectivity index (χ1v) is 6.08. The lowest BCUT2D eigenvalue weighted by Crippen LogP contribution is -1.93. The average molecular weight is 232 g/mol. The molecule has 0 heterocycles. The lowest BCUT2D eigenvalue weighted by Gasteiger charge is -2.03. The molecule has 0 aromatic heterocycles. The lowest BCUT2D eigenvalue weighted by atomic mass is 10.0. The Kier molecular flexibility index (Phi) is 5.64. The van der Waals surface area contributed by atoms with Crippen LogP contribution in [0.2, 0.25) is 0 Å². The van der Waals surface area contributed by atoms with E-state index in [0.717, 1.165) is 36.0 Å². The van der Waals surface area contributed by atoms with Crippen LogP contribution in [0.1, 0.15) is 49.0 Å². The van der Waals surface area contributed by atoms with Gasteiger partial charge in [0, 0.05) is 5.56 Å². The first kappa shape index (κ1) is 13.7. The van der Waals surface area contributed by atoms with Gasteiger partial charge in [-0.3, -0.25) is 4.79 Å². The van der Waals surface area contributed by atoms with Crippen molar-refractivity contribution in [2.45, 2.75) is 33.1 Å². The zero-order chi connectivity index (χ0) is 12.7. The first-order valence-electron chi connectivity index (χ1n) is 6.08. The van der Waals surface area contributed by atoms with Crippen molar-refractivity contribution in [1.82, 2.24) is 0 Å². The SMILES string of the molecule is CCCC/C(=C/c1ccc(C(C)=O)cc1)CO. The zero-order valence-corrected chi connectivity index (χ0v) is 10.6. The standard InChI is InChI=1S/C15H20O2/c1-3-4-5-14(11-16)10-13-6-8-15(9-7-13)12(2)17/h6-10,16H,3-5,11H2,1-2H3/b14-10-. The number of aliphatic hydroxyl groups excluding tert-OH is 1. The Morgan fingerprint density at radius 2 is 1.94 bits per heavy atom. The Hall–Kier alpha value is -1.41. The van der Waals surface area contributed by atoms with Crippen LogP contribution < -0.4 is 0 Å². The number of carbonyl (C=O) groups is 1. The summed E-state index contributed by atoms with van der Waals surface area (Å²) >= 11 is 0. The molecule has 0 bridgehead atoms. The normalized spacial score (nSPS) is 11.6. The number of unbranched alkanes of at least 4 members (excludes halogenated alkanes) is 1. The summed E-state index contributed by atoms with van der Waals surface area (Å²) in [6.45, 7) is 3.80. The van der Waals surface area contributed by atoms with Crippen molar-refractivity contribution in [3.8, 4) is 0 Å². The molecule has 17 heavy (non-hydrogen) atoms. The molecular formula is C15H20O2. The molecule has 0 spiro atoms. The van der Waals surface area contributed by atoms with E-state index in [4.69, 9.17) is 0 Å². The molecule has 0 saturated carbocycles. The minimum atomic E-state index is 0.0777. The Balaban J connectivity index is 2.77. The molecule has 1 aromatic rings. The molecule has 0 radical (unpaired) electrons. The quantitative estimate of drug-likeness (QED) is 0.763. The number of carbonyl (C=O) groups excluding carboxylic acids is 1. The van der Waals surface area contributed by atoms with Gasteiger partial charge in [0.05, 0.1) is 6.61 Å². The zero-order valence-electron chi connectivity index (χ0n) is 10.6. The molecule has 0 aliphatic heterocycles. The van der Waals surface area contributed by atoms with Gasteiger partial charge in [-0.15, -0.1) is 0 Å². The molecule has 2 nitrogen and oxygen atoms in total. The summed E-state index contributed by atoms with van der Waals surface area (Å²) in [5.74, 6) is 0.0777. The van der Waals surface area contributed by atoms with E-state index in [1.165, 1.54) is 0 Å². The molecule has 0 saturated heterocycles. The Morgan fingerprint density at radius 3 is 2.41 bits per heavy atom. The topological polar surface area (TPSA) is 37.3 Å². The van der Waals surface area contributed by atoms with E-state index in [1.54, 1.807) is 6.92 Å². The molecule has 2 heteroatoms. The number of ketones is 1. The highest BCUT2D eigenvalue weighted by Crippen LogP contribution is 2.13. The molecule has 1 rings (SSSR count). The minimum absolute atomic E-state index is 0.0777. The number of Topliss-reactive ketones (excluding diaryl/α,β-unsaturated/α-hetero) is 1. The smallest absolute Gasteiger partial charge is 0.159 e. The fourth-order valence-electron chi connectivity index (χ4n) is 1.65. The summed E-state index contributed by atoms with van der Waals surface area (Å²) in [7, 11) is 0. The van der Waals surface area contributed by atoms with E-state index < -0.39 is 0 Å². The number of benzene rings is 1. The van der Waals surface area contributed by atoms with Crippen LogP contribution in [0.15, 0.2) is 29.8 Å². The van der Waals surface area contributed by atoms with Gasteiger partial charge in [-0.05, 0) is 30.9 Å². The van der Waals surface area contributed by atoms with Gasteiger partial charge in [-0.2, -0.15) is 0 Å². The second-order valence-electron chi connectivity index (χ2n) is 4.24. The average Bonchev–Trinajstić information content (AvgIpc) is 2.35. The van der Waals surface area contributed by atoms with Crippen LogP contribution in [0, 0.1) is 0 Å². The van der Waals surface area contributed by atoms with Crippen molar-refractivity contribution < 1.29 is 9.90 Å². The molecule has 0 atom stereocenters. The van der Waals surface area contributed by atoms with Crippen molar-refractivity contribution in [1.29, 1.82) is 0 Å². The third kappa shape index (κ3) is 4.53. The highest BCUT2D eigenvalue weighted by Gasteiger charge is 1.99. The van der Waals surface area contributed by atoms with Gasteiger partial charge in [0.25, 0.3) is 0 Å². The molecule has 0 unspecified atom stereocenters. The molecule has 0 amide bonds. The maximum atomic E-state index is 11.1. The highest BCUT2D eigenvalue weighted by molar-refractivity contribution is 5.94. The maximum absolute atomic E-state index is 11.1. The fourth-order valence-corrected chi connectivity index (χ4v) is 1.65. The second kappa shape index (κ2) is 7.02. The van der Waals surface area contributed by atoms with E-state index >= 15 is 0 Å². The van der Waals surface area contributed by atoms with Gasteiger partial charge >= 0.3 is 0 Å². The largest absolute Gasteiger partial charge is 0.392 e. The maximum Gasteiger partial charge on any atom is 0.159 e. The number of aliphatic hydroxyl groups is 1. The fraction of sp³-hybridized carbons (Fsp3) is 0.400.